The Hall–Kier alpha value is 0.914. The molecule has 1 radical (unpaired) electrons. The summed E-state index contributed by atoms with van der Waals surface area (Å²) in [5.41, 5.74) is 1.59. The highest BCUT2D eigenvalue weighted by atomic mass is 79.9. The molecule has 1 fully saturated rings. The van der Waals surface area contributed by atoms with Crippen LogP contribution in [-0.2, 0) is 0 Å². The molecule has 1 rings (SSSR count). The fourth-order valence-corrected chi connectivity index (χ4v) is 15.2. The van der Waals surface area contributed by atoms with Crippen molar-refractivity contribution >= 4 is 30.8 Å². The molecule has 0 aromatic heterocycles. The smallest absolute Gasteiger partial charge is 0.124 e. The van der Waals surface area contributed by atoms with Gasteiger partial charge in [0.15, 0.2) is 0 Å². The van der Waals surface area contributed by atoms with Crippen molar-refractivity contribution in [3.63, 3.8) is 0 Å². The lowest BCUT2D eigenvalue weighted by atomic mass is 10.6. The van der Waals surface area contributed by atoms with E-state index in [-0.39, 0.29) is 8.80 Å². The first-order chi connectivity index (χ1) is 4.10. The van der Waals surface area contributed by atoms with Crippen molar-refractivity contribution in [2.45, 2.75) is 37.3 Å². The van der Waals surface area contributed by atoms with Gasteiger partial charge in [0.25, 0.3) is 0 Å². The molecule has 0 spiro atoms. The molecule has 1 aliphatic rings. The molecule has 1 saturated heterocycles. The number of hydrogen-bond acceptors (Lipinski definition) is 0. The molecule has 1 aliphatic heterocycles. The van der Waals surface area contributed by atoms with Gasteiger partial charge >= 0.3 is 0 Å². The standard InChI is InChI=1S/C6H14BrSi2/c1-8-4-3-5-9(2,7)6-8/h3-6H2,1-2H3. The van der Waals surface area contributed by atoms with Gasteiger partial charge in [-0.3, -0.25) is 0 Å². The van der Waals surface area contributed by atoms with Crippen molar-refractivity contribution in [3.05, 3.63) is 0 Å². The van der Waals surface area contributed by atoms with Gasteiger partial charge in [0.05, 0.1) is 0 Å². The van der Waals surface area contributed by atoms with Crippen LogP contribution in [0.1, 0.15) is 6.42 Å². The fourth-order valence-electron chi connectivity index (χ4n) is 1.56. The number of halogens is 1. The third kappa shape index (κ3) is 2.55. The normalized spacial score (nSPS) is 39.0. The van der Waals surface area contributed by atoms with Crippen LogP contribution in [0.4, 0.5) is 0 Å². The average molecular weight is 222 g/mol. The van der Waals surface area contributed by atoms with Crippen LogP contribution < -0.4 is 0 Å². The van der Waals surface area contributed by atoms with E-state index < -0.39 is 6.69 Å². The van der Waals surface area contributed by atoms with Gasteiger partial charge in [0.2, 0.25) is 0 Å². The van der Waals surface area contributed by atoms with Gasteiger partial charge in [-0.05, 0) is 6.04 Å². The Balaban J connectivity index is 2.41. The van der Waals surface area contributed by atoms with Crippen LogP contribution in [0.15, 0.2) is 0 Å². The monoisotopic (exact) mass is 221 g/mol. The van der Waals surface area contributed by atoms with Gasteiger partial charge in [0, 0.05) is 8.80 Å². The van der Waals surface area contributed by atoms with Crippen LogP contribution >= 0.6 is 15.3 Å². The Morgan fingerprint density at radius 1 is 1.56 bits per heavy atom. The second-order valence-corrected chi connectivity index (χ2v) is 16.3. The molecule has 9 heavy (non-hydrogen) atoms. The summed E-state index contributed by atoms with van der Waals surface area (Å²) in [6.07, 6.45) is 1.51. The summed E-state index contributed by atoms with van der Waals surface area (Å²) in [6.45, 7) is 4.16. The zero-order valence-electron chi connectivity index (χ0n) is 6.21. The Morgan fingerprint density at radius 3 is 2.56 bits per heavy atom. The van der Waals surface area contributed by atoms with Gasteiger partial charge < -0.3 is 0 Å². The second-order valence-electron chi connectivity index (χ2n) is 3.40. The van der Waals surface area contributed by atoms with Crippen LogP contribution in [0.3, 0.4) is 0 Å². The van der Waals surface area contributed by atoms with E-state index >= 15 is 0 Å². The van der Waals surface area contributed by atoms with Crippen LogP contribution in [0.5, 0.6) is 0 Å². The largest absolute Gasteiger partial charge is 0.127 e. The van der Waals surface area contributed by atoms with E-state index in [2.05, 4.69) is 28.4 Å². The Labute approximate surface area is 68.2 Å². The van der Waals surface area contributed by atoms with Crippen molar-refractivity contribution in [2.75, 3.05) is 0 Å². The van der Waals surface area contributed by atoms with Gasteiger partial charge in [-0.1, -0.05) is 31.2 Å². The van der Waals surface area contributed by atoms with Crippen molar-refractivity contribution in [2.24, 2.45) is 0 Å². The zero-order chi connectivity index (χ0) is 6.91. The van der Waals surface area contributed by atoms with E-state index in [1.54, 1.807) is 11.7 Å². The minimum absolute atomic E-state index is 0.115. The molecule has 0 bridgehead atoms. The summed E-state index contributed by atoms with van der Waals surface area (Å²) in [4.78, 5) is 0. The molecule has 0 aromatic carbocycles. The fraction of sp³-hybridized carbons (Fsp3) is 1.00. The third-order valence-electron chi connectivity index (χ3n) is 1.97. The summed E-state index contributed by atoms with van der Waals surface area (Å²) < 4.78 is 0. The van der Waals surface area contributed by atoms with E-state index in [0.29, 0.717) is 0 Å². The number of rotatable bonds is 0. The van der Waals surface area contributed by atoms with Gasteiger partial charge in [-0.2, -0.15) is 0 Å². The average Bonchev–Trinajstić information content (AvgIpc) is 1.60. The molecule has 3 heteroatoms. The molecule has 0 aromatic rings. The predicted octanol–water partition coefficient (Wildman–Crippen LogP) is 3.02. The lowest BCUT2D eigenvalue weighted by Crippen LogP contribution is -2.32. The highest BCUT2D eigenvalue weighted by Gasteiger charge is 2.30. The Bertz CT molecular complexity index is 103. The maximum atomic E-state index is 3.90. The molecule has 1 atom stereocenters. The minimum Gasteiger partial charge on any atom is -0.127 e. The van der Waals surface area contributed by atoms with Crippen LogP contribution in [0.25, 0.3) is 0 Å². The summed E-state index contributed by atoms with van der Waals surface area (Å²) >= 11 is 3.90. The van der Waals surface area contributed by atoms with E-state index in [1.807, 2.05) is 0 Å². The molecule has 0 saturated carbocycles. The van der Waals surface area contributed by atoms with Gasteiger partial charge in [-0.15, -0.1) is 15.3 Å². The first-order valence-corrected chi connectivity index (χ1v) is 11.2. The Kier molecular flexibility index (Phi) is 2.57. The molecule has 53 valence electrons. The minimum atomic E-state index is -0.796. The predicted molar refractivity (Wildman–Crippen MR) is 51.2 cm³/mol. The molecular formula is C6H14BrSi2. The third-order valence-corrected chi connectivity index (χ3v) is 13.7. The van der Waals surface area contributed by atoms with Crippen LogP contribution in [0, 0.1) is 0 Å². The highest BCUT2D eigenvalue weighted by Crippen LogP contribution is 2.32. The first kappa shape index (κ1) is 8.01. The second kappa shape index (κ2) is 2.88. The van der Waals surface area contributed by atoms with Crippen molar-refractivity contribution in [1.82, 2.24) is 0 Å². The van der Waals surface area contributed by atoms with Crippen molar-refractivity contribution in [1.29, 1.82) is 0 Å². The summed E-state index contributed by atoms with van der Waals surface area (Å²) in [6, 6.07) is 3.09. The van der Waals surface area contributed by atoms with Gasteiger partial charge in [0.1, 0.15) is 6.69 Å². The number of hydrogen-bond donors (Lipinski definition) is 0. The van der Waals surface area contributed by atoms with Crippen molar-refractivity contribution < 1.29 is 0 Å². The molecule has 1 heterocycles. The quantitative estimate of drug-likeness (QED) is 0.436. The van der Waals surface area contributed by atoms with E-state index in [0.717, 1.165) is 0 Å². The lowest BCUT2D eigenvalue weighted by Gasteiger charge is -2.28. The molecular weight excluding hydrogens is 208 g/mol. The molecule has 0 N–H and O–H groups in total. The maximum absolute atomic E-state index is 3.90. The summed E-state index contributed by atoms with van der Waals surface area (Å²) in [5, 5.41) is 0. The van der Waals surface area contributed by atoms with E-state index in [4.69, 9.17) is 0 Å². The first-order valence-electron chi connectivity index (χ1n) is 3.60. The molecule has 0 aliphatic carbocycles. The highest BCUT2D eigenvalue weighted by molar-refractivity contribution is 9.26. The summed E-state index contributed by atoms with van der Waals surface area (Å²) in [5.74, 6) is 0. The van der Waals surface area contributed by atoms with Gasteiger partial charge in [-0.25, -0.2) is 0 Å². The van der Waals surface area contributed by atoms with E-state index in [1.165, 1.54) is 12.5 Å². The lowest BCUT2D eigenvalue weighted by molar-refractivity contribution is 1.01. The van der Waals surface area contributed by atoms with Crippen LogP contribution in [-0.4, -0.2) is 15.5 Å². The Morgan fingerprint density at radius 2 is 2.22 bits per heavy atom. The molecule has 1 unspecified atom stereocenters. The molecule has 0 amide bonds. The summed E-state index contributed by atoms with van der Waals surface area (Å²) in [7, 11) is 0.115. The SMILES string of the molecule is C[Si]1CCC[Si](C)(Br)C1. The topological polar surface area (TPSA) is 0 Å². The van der Waals surface area contributed by atoms with Crippen LogP contribution in [0.2, 0.25) is 30.8 Å². The maximum Gasteiger partial charge on any atom is 0.124 e. The van der Waals surface area contributed by atoms with E-state index in [9.17, 15) is 0 Å². The van der Waals surface area contributed by atoms with Crippen molar-refractivity contribution in [3.8, 4) is 0 Å². The zero-order valence-corrected chi connectivity index (χ0v) is 9.79. The molecule has 0 nitrogen and oxygen atoms in total.